The zero-order chi connectivity index (χ0) is 22.3. The van der Waals surface area contributed by atoms with Gasteiger partial charge >= 0.3 is 12.1 Å². The maximum atomic E-state index is 12.0. The largest absolute Gasteiger partial charge is 0.481 e. The molecule has 0 amide bonds. The van der Waals surface area contributed by atoms with Crippen LogP contribution >= 0.6 is 0 Å². The Labute approximate surface area is 169 Å². The van der Waals surface area contributed by atoms with Crippen LogP contribution in [0.25, 0.3) is 0 Å². The highest BCUT2D eigenvalue weighted by molar-refractivity contribution is 5.66. The molecule has 8 heteroatoms. The fraction of sp³-hybridized carbons (Fsp3) is 0.571. The lowest BCUT2D eigenvalue weighted by molar-refractivity contribution is -0.137. The van der Waals surface area contributed by atoms with E-state index in [2.05, 4.69) is 0 Å². The van der Waals surface area contributed by atoms with E-state index in [0.717, 1.165) is 0 Å². The minimum atomic E-state index is -4.20. The number of aliphatic hydroxyl groups excluding tert-OH is 2. The number of carbonyl (C=O) groups is 1. The molecule has 0 aromatic carbocycles. The number of unbranched alkanes of at least 4 members (excludes halogenated alkanes) is 1. The quantitative estimate of drug-likeness (QED) is 0.251. The van der Waals surface area contributed by atoms with Gasteiger partial charge in [-0.2, -0.15) is 13.2 Å². The Morgan fingerprint density at radius 1 is 0.931 bits per heavy atom. The summed E-state index contributed by atoms with van der Waals surface area (Å²) in [6.07, 6.45) is 6.18. The molecule has 0 fully saturated rings. The van der Waals surface area contributed by atoms with Gasteiger partial charge in [0.25, 0.3) is 0 Å². The van der Waals surface area contributed by atoms with Crippen molar-refractivity contribution in [2.75, 3.05) is 0 Å². The molecule has 0 saturated heterocycles. The normalized spacial score (nSPS) is 17.5. The summed E-state index contributed by atoms with van der Waals surface area (Å²) in [5.41, 5.74) is -1.09. The van der Waals surface area contributed by atoms with Gasteiger partial charge in [-0.3, -0.25) is 4.79 Å². The molecule has 0 aromatic rings. The topological polar surface area (TPSA) is 98.0 Å². The van der Waals surface area contributed by atoms with Gasteiger partial charge in [0.1, 0.15) is 0 Å². The molecular weight excluding hydrogens is 389 g/mol. The number of alkyl halides is 3. The SMILES string of the molecule is C[C@@](O)(/C=C/C=C\C=C\C=C\[C@@H](O)[C@@H](O)CCCCC(F)(F)F)CCCC(=O)O. The molecule has 0 heterocycles. The maximum Gasteiger partial charge on any atom is 0.389 e. The van der Waals surface area contributed by atoms with Crippen LogP contribution in [0.15, 0.2) is 48.6 Å². The van der Waals surface area contributed by atoms with Crippen molar-refractivity contribution >= 4 is 5.97 Å². The molecular formula is C21H31F3O5. The molecule has 0 aromatic heterocycles. The second-order valence-corrected chi connectivity index (χ2v) is 7.04. The van der Waals surface area contributed by atoms with Gasteiger partial charge in [0.15, 0.2) is 0 Å². The Kier molecular flexibility index (Phi) is 13.2. The van der Waals surface area contributed by atoms with E-state index in [9.17, 15) is 33.3 Å². The summed E-state index contributed by atoms with van der Waals surface area (Å²) in [7, 11) is 0. The predicted octanol–water partition coefficient (Wildman–Crippen LogP) is 4.06. The average Bonchev–Trinajstić information content (AvgIpc) is 2.59. The van der Waals surface area contributed by atoms with E-state index < -0.39 is 36.4 Å². The van der Waals surface area contributed by atoms with Gasteiger partial charge in [0.05, 0.1) is 17.8 Å². The van der Waals surface area contributed by atoms with Gasteiger partial charge in [-0.25, -0.2) is 0 Å². The molecule has 0 bridgehead atoms. The van der Waals surface area contributed by atoms with E-state index in [-0.39, 0.29) is 25.7 Å². The fourth-order valence-electron chi connectivity index (χ4n) is 2.36. The van der Waals surface area contributed by atoms with Crippen molar-refractivity contribution in [3.05, 3.63) is 48.6 Å². The van der Waals surface area contributed by atoms with Crippen LogP contribution in [0.1, 0.15) is 51.9 Å². The number of halogens is 3. The average molecular weight is 420 g/mol. The first kappa shape index (κ1) is 27.1. The fourth-order valence-corrected chi connectivity index (χ4v) is 2.36. The van der Waals surface area contributed by atoms with E-state index >= 15 is 0 Å². The third kappa shape index (κ3) is 17.9. The minimum Gasteiger partial charge on any atom is -0.481 e. The second kappa shape index (κ2) is 14.1. The van der Waals surface area contributed by atoms with E-state index in [4.69, 9.17) is 5.11 Å². The molecule has 0 saturated carbocycles. The summed E-state index contributed by atoms with van der Waals surface area (Å²) in [5.74, 6) is -0.901. The Bertz CT molecular complexity index is 577. The highest BCUT2D eigenvalue weighted by Gasteiger charge is 2.26. The number of hydrogen-bond acceptors (Lipinski definition) is 4. The van der Waals surface area contributed by atoms with Crippen molar-refractivity contribution < 1.29 is 38.4 Å². The number of aliphatic hydroxyl groups is 3. The molecule has 4 N–H and O–H groups in total. The molecule has 0 radical (unpaired) electrons. The van der Waals surface area contributed by atoms with Gasteiger partial charge < -0.3 is 20.4 Å². The van der Waals surface area contributed by atoms with Crippen LogP contribution in [-0.4, -0.2) is 50.4 Å². The first-order valence-electron chi connectivity index (χ1n) is 9.49. The number of carboxylic acids is 1. The van der Waals surface area contributed by atoms with Gasteiger partial charge in [-0.15, -0.1) is 0 Å². The number of allylic oxidation sites excluding steroid dienone is 6. The minimum absolute atomic E-state index is 0.00298. The summed E-state index contributed by atoms with van der Waals surface area (Å²) in [5, 5.41) is 38.1. The lowest BCUT2D eigenvalue weighted by atomic mass is 9.98. The van der Waals surface area contributed by atoms with Crippen LogP contribution in [0.2, 0.25) is 0 Å². The molecule has 0 aliphatic rings. The van der Waals surface area contributed by atoms with Gasteiger partial charge in [-0.1, -0.05) is 55.0 Å². The molecule has 0 unspecified atom stereocenters. The van der Waals surface area contributed by atoms with Crippen molar-refractivity contribution in [1.29, 1.82) is 0 Å². The van der Waals surface area contributed by atoms with Crippen molar-refractivity contribution in [3.8, 4) is 0 Å². The van der Waals surface area contributed by atoms with Crippen molar-refractivity contribution in [2.24, 2.45) is 0 Å². The zero-order valence-electron chi connectivity index (χ0n) is 16.6. The van der Waals surface area contributed by atoms with Gasteiger partial charge in [0.2, 0.25) is 0 Å². The van der Waals surface area contributed by atoms with Crippen LogP contribution in [0.3, 0.4) is 0 Å². The summed E-state index contributed by atoms with van der Waals surface area (Å²) in [6.45, 7) is 1.59. The Balaban J connectivity index is 4.14. The van der Waals surface area contributed by atoms with Crippen molar-refractivity contribution in [2.45, 2.75) is 75.9 Å². The maximum absolute atomic E-state index is 12.0. The number of aliphatic carboxylic acids is 1. The zero-order valence-corrected chi connectivity index (χ0v) is 16.6. The highest BCUT2D eigenvalue weighted by Crippen LogP contribution is 2.23. The van der Waals surface area contributed by atoms with Crippen molar-refractivity contribution in [3.63, 3.8) is 0 Å². The summed E-state index contributed by atoms with van der Waals surface area (Å²) in [6, 6.07) is 0. The number of carboxylic acid groups (broad SMARTS) is 1. The first-order valence-corrected chi connectivity index (χ1v) is 9.49. The molecule has 0 spiro atoms. The molecule has 166 valence electrons. The third-order valence-electron chi connectivity index (χ3n) is 4.00. The van der Waals surface area contributed by atoms with Crippen LogP contribution in [-0.2, 0) is 4.79 Å². The van der Waals surface area contributed by atoms with Crippen LogP contribution in [0.5, 0.6) is 0 Å². The molecule has 5 nitrogen and oxygen atoms in total. The van der Waals surface area contributed by atoms with Crippen LogP contribution in [0.4, 0.5) is 13.2 Å². The summed E-state index contributed by atoms with van der Waals surface area (Å²) in [4.78, 5) is 10.5. The second-order valence-electron chi connectivity index (χ2n) is 7.04. The number of rotatable bonds is 14. The molecule has 0 aliphatic carbocycles. The third-order valence-corrected chi connectivity index (χ3v) is 4.00. The lowest BCUT2D eigenvalue weighted by Gasteiger charge is -2.17. The Morgan fingerprint density at radius 3 is 2.10 bits per heavy atom. The van der Waals surface area contributed by atoms with E-state index in [1.165, 1.54) is 12.2 Å². The first-order chi connectivity index (χ1) is 13.4. The molecule has 3 atom stereocenters. The molecule has 0 rings (SSSR count). The van der Waals surface area contributed by atoms with Crippen LogP contribution in [0, 0.1) is 0 Å². The predicted molar refractivity (Wildman–Crippen MR) is 105 cm³/mol. The number of hydrogen-bond donors (Lipinski definition) is 4. The molecule has 0 aliphatic heterocycles. The summed E-state index contributed by atoms with van der Waals surface area (Å²) < 4.78 is 36.1. The standard InChI is InChI=1S/C21H31F3O5/c1-20(29,15-10-13-19(27)28)14-8-5-3-2-4-6-11-17(25)18(26)12-7-9-16-21(22,23)24/h2-6,8,11,14,17-18,25-26,29H,7,9-10,12-13,15-16H2,1H3,(H,27,28)/b4-2+,5-3-,11-6+,14-8+/t17-,18+,20-/m1/s1. The molecule has 29 heavy (non-hydrogen) atoms. The Hall–Kier alpha value is -1.90. The highest BCUT2D eigenvalue weighted by atomic mass is 19.4. The lowest BCUT2D eigenvalue weighted by Crippen LogP contribution is -2.23. The van der Waals surface area contributed by atoms with E-state index in [1.807, 2.05) is 0 Å². The van der Waals surface area contributed by atoms with Crippen LogP contribution < -0.4 is 0 Å². The van der Waals surface area contributed by atoms with Crippen molar-refractivity contribution in [1.82, 2.24) is 0 Å². The summed E-state index contributed by atoms with van der Waals surface area (Å²) >= 11 is 0. The van der Waals surface area contributed by atoms with Gasteiger partial charge in [0, 0.05) is 12.8 Å². The van der Waals surface area contributed by atoms with Gasteiger partial charge in [-0.05, 0) is 32.6 Å². The Morgan fingerprint density at radius 2 is 1.52 bits per heavy atom. The van der Waals surface area contributed by atoms with E-state index in [0.29, 0.717) is 12.8 Å². The smallest absolute Gasteiger partial charge is 0.389 e. The monoisotopic (exact) mass is 420 g/mol. The van der Waals surface area contributed by atoms with E-state index in [1.54, 1.807) is 43.4 Å².